The number of pyridine rings is 1. The molecular weight excluding hydrogens is 326 g/mol. The zero-order valence-electron chi connectivity index (χ0n) is 13.4. The van der Waals surface area contributed by atoms with Crippen LogP contribution >= 0.6 is 11.6 Å². The van der Waals surface area contributed by atoms with Crippen molar-refractivity contribution in [2.24, 2.45) is 0 Å². The van der Waals surface area contributed by atoms with Gasteiger partial charge in [-0.15, -0.1) is 0 Å². The summed E-state index contributed by atoms with van der Waals surface area (Å²) in [5.41, 5.74) is 3.10. The van der Waals surface area contributed by atoms with Crippen molar-refractivity contribution in [2.45, 2.75) is 0 Å². The Hall–Kier alpha value is -2.90. The van der Waals surface area contributed by atoms with Crippen molar-refractivity contribution in [3.05, 3.63) is 90.0 Å². The van der Waals surface area contributed by atoms with Crippen LogP contribution in [-0.4, -0.2) is 4.98 Å². The van der Waals surface area contributed by atoms with E-state index in [4.69, 9.17) is 16.6 Å². The average molecular weight is 340 g/mol. The Morgan fingerprint density at radius 3 is 2.24 bits per heavy atom. The Balaban J connectivity index is 1.86. The Labute approximate surface area is 150 Å². The summed E-state index contributed by atoms with van der Waals surface area (Å²) in [6, 6.07) is 29.3. The summed E-state index contributed by atoms with van der Waals surface area (Å²) in [6.45, 7) is 0. The van der Waals surface area contributed by atoms with Crippen LogP contribution in [0.2, 0.25) is 5.02 Å². The van der Waals surface area contributed by atoms with Crippen LogP contribution in [0.1, 0.15) is 0 Å². The number of halogens is 1. The standard InChI is InChI=1S/C23H14ClN/c24-17-10-12-22-16(13-17)9-11-23(25-22)21-14-15-5-1-2-6-18(15)19-7-3-4-8-20(19)21/h1-14H. The highest BCUT2D eigenvalue weighted by Gasteiger charge is 2.09. The van der Waals surface area contributed by atoms with Crippen LogP contribution in [0, 0.1) is 0 Å². The second-order valence-corrected chi connectivity index (χ2v) is 6.66. The summed E-state index contributed by atoms with van der Waals surface area (Å²) in [7, 11) is 0. The lowest BCUT2D eigenvalue weighted by atomic mass is 9.95. The molecule has 0 fully saturated rings. The van der Waals surface area contributed by atoms with Gasteiger partial charge in [-0.05, 0) is 51.9 Å². The lowest BCUT2D eigenvalue weighted by Gasteiger charge is -2.11. The molecule has 5 aromatic rings. The van der Waals surface area contributed by atoms with E-state index in [1.54, 1.807) is 0 Å². The highest BCUT2D eigenvalue weighted by molar-refractivity contribution is 6.31. The third-order valence-corrected chi connectivity index (χ3v) is 4.93. The van der Waals surface area contributed by atoms with Crippen molar-refractivity contribution >= 4 is 44.0 Å². The van der Waals surface area contributed by atoms with Crippen LogP contribution in [0.3, 0.4) is 0 Å². The molecule has 0 unspecified atom stereocenters. The van der Waals surface area contributed by atoms with E-state index < -0.39 is 0 Å². The molecule has 0 radical (unpaired) electrons. The minimum atomic E-state index is 0.734. The molecule has 0 saturated heterocycles. The smallest absolute Gasteiger partial charge is 0.0716 e. The quantitative estimate of drug-likeness (QED) is 0.304. The van der Waals surface area contributed by atoms with Gasteiger partial charge in [-0.1, -0.05) is 66.2 Å². The molecule has 4 aromatic carbocycles. The number of aromatic nitrogens is 1. The summed E-state index contributed by atoms with van der Waals surface area (Å²) in [4.78, 5) is 4.88. The fraction of sp³-hybridized carbons (Fsp3) is 0. The first-order valence-electron chi connectivity index (χ1n) is 8.27. The van der Waals surface area contributed by atoms with Crippen LogP contribution in [0.15, 0.2) is 84.9 Å². The van der Waals surface area contributed by atoms with Gasteiger partial charge in [-0.25, -0.2) is 4.98 Å². The normalized spacial score (nSPS) is 11.4. The van der Waals surface area contributed by atoms with E-state index >= 15 is 0 Å². The van der Waals surface area contributed by atoms with Gasteiger partial charge in [0.1, 0.15) is 0 Å². The second-order valence-electron chi connectivity index (χ2n) is 6.22. The topological polar surface area (TPSA) is 12.9 Å². The lowest BCUT2D eigenvalue weighted by molar-refractivity contribution is 1.41. The maximum atomic E-state index is 6.09. The number of nitrogens with zero attached hydrogens (tertiary/aromatic N) is 1. The molecule has 0 atom stereocenters. The van der Waals surface area contributed by atoms with Gasteiger partial charge >= 0.3 is 0 Å². The van der Waals surface area contributed by atoms with Crippen LogP contribution in [0.4, 0.5) is 0 Å². The zero-order chi connectivity index (χ0) is 16.8. The molecule has 0 aliphatic heterocycles. The van der Waals surface area contributed by atoms with Crippen molar-refractivity contribution in [1.82, 2.24) is 4.98 Å². The summed E-state index contributed by atoms with van der Waals surface area (Å²) in [5.74, 6) is 0. The van der Waals surface area contributed by atoms with Crippen LogP contribution in [0.25, 0.3) is 43.7 Å². The van der Waals surface area contributed by atoms with E-state index in [1.165, 1.54) is 21.5 Å². The van der Waals surface area contributed by atoms with Gasteiger partial charge < -0.3 is 0 Å². The molecule has 1 aromatic heterocycles. The molecule has 118 valence electrons. The average Bonchev–Trinajstić information content (AvgIpc) is 2.67. The first-order chi connectivity index (χ1) is 12.3. The lowest BCUT2D eigenvalue weighted by Crippen LogP contribution is -1.88. The van der Waals surface area contributed by atoms with E-state index in [0.717, 1.165) is 27.2 Å². The Bertz CT molecular complexity index is 1260. The summed E-state index contributed by atoms with van der Waals surface area (Å²) in [5, 5.41) is 6.78. The molecule has 0 N–H and O–H groups in total. The predicted molar refractivity (Wildman–Crippen MR) is 107 cm³/mol. The van der Waals surface area contributed by atoms with Crippen molar-refractivity contribution in [3.8, 4) is 11.3 Å². The number of hydrogen-bond acceptors (Lipinski definition) is 1. The summed E-state index contributed by atoms with van der Waals surface area (Å²) >= 11 is 6.09. The Morgan fingerprint density at radius 2 is 1.36 bits per heavy atom. The molecule has 1 nitrogen and oxygen atoms in total. The van der Waals surface area contributed by atoms with Crippen molar-refractivity contribution in [1.29, 1.82) is 0 Å². The largest absolute Gasteiger partial charge is 0.248 e. The van der Waals surface area contributed by atoms with Gasteiger partial charge in [-0.2, -0.15) is 0 Å². The molecule has 0 aliphatic carbocycles. The van der Waals surface area contributed by atoms with Gasteiger partial charge in [0.15, 0.2) is 0 Å². The minimum absolute atomic E-state index is 0.734. The molecule has 0 bridgehead atoms. The fourth-order valence-corrected chi connectivity index (χ4v) is 3.69. The molecule has 0 saturated carbocycles. The number of benzene rings is 4. The number of rotatable bonds is 1. The molecule has 1 heterocycles. The van der Waals surface area contributed by atoms with E-state index in [0.29, 0.717) is 0 Å². The maximum absolute atomic E-state index is 6.09. The summed E-state index contributed by atoms with van der Waals surface area (Å²) in [6.07, 6.45) is 0. The minimum Gasteiger partial charge on any atom is -0.248 e. The SMILES string of the molecule is Clc1ccc2nc(-c3cc4ccccc4c4ccccc34)ccc2c1. The van der Waals surface area contributed by atoms with Crippen LogP contribution in [0.5, 0.6) is 0 Å². The third-order valence-electron chi connectivity index (χ3n) is 4.70. The molecule has 0 aliphatic rings. The monoisotopic (exact) mass is 339 g/mol. The van der Waals surface area contributed by atoms with E-state index in [1.807, 2.05) is 18.2 Å². The van der Waals surface area contributed by atoms with E-state index in [9.17, 15) is 0 Å². The van der Waals surface area contributed by atoms with Crippen molar-refractivity contribution in [2.75, 3.05) is 0 Å². The molecule has 2 heteroatoms. The highest BCUT2D eigenvalue weighted by Crippen LogP contribution is 2.34. The van der Waals surface area contributed by atoms with Crippen molar-refractivity contribution in [3.63, 3.8) is 0 Å². The van der Waals surface area contributed by atoms with Gasteiger partial charge in [0.05, 0.1) is 11.2 Å². The fourth-order valence-electron chi connectivity index (χ4n) is 3.51. The maximum Gasteiger partial charge on any atom is 0.0716 e. The molecule has 0 amide bonds. The van der Waals surface area contributed by atoms with Crippen molar-refractivity contribution < 1.29 is 0 Å². The highest BCUT2D eigenvalue weighted by atomic mass is 35.5. The second kappa shape index (κ2) is 5.58. The number of hydrogen-bond donors (Lipinski definition) is 0. The number of fused-ring (bicyclic) bond motifs is 4. The van der Waals surface area contributed by atoms with Crippen LogP contribution in [-0.2, 0) is 0 Å². The van der Waals surface area contributed by atoms with Crippen LogP contribution < -0.4 is 0 Å². The van der Waals surface area contributed by atoms with Gasteiger partial charge in [0.2, 0.25) is 0 Å². The van der Waals surface area contributed by atoms with E-state index in [2.05, 4.69) is 66.7 Å². The van der Waals surface area contributed by atoms with Gasteiger partial charge in [-0.3, -0.25) is 0 Å². The first-order valence-corrected chi connectivity index (χ1v) is 8.64. The molecular formula is C23H14ClN. The predicted octanol–water partition coefficient (Wildman–Crippen LogP) is 6.86. The molecule has 0 spiro atoms. The molecule has 25 heavy (non-hydrogen) atoms. The van der Waals surface area contributed by atoms with Gasteiger partial charge in [0, 0.05) is 16.0 Å². The zero-order valence-corrected chi connectivity index (χ0v) is 14.2. The van der Waals surface area contributed by atoms with E-state index in [-0.39, 0.29) is 0 Å². The molecule has 5 rings (SSSR count). The first kappa shape index (κ1) is 14.4. The summed E-state index contributed by atoms with van der Waals surface area (Å²) < 4.78 is 0. The third kappa shape index (κ3) is 2.36. The van der Waals surface area contributed by atoms with Gasteiger partial charge in [0.25, 0.3) is 0 Å². The Morgan fingerprint density at radius 1 is 0.600 bits per heavy atom. The Kier molecular flexibility index (Phi) is 3.22.